The van der Waals surface area contributed by atoms with E-state index < -0.39 is 5.82 Å². The van der Waals surface area contributed by atoms with E-state index in [9.17, 15) is 9.18 Å². The SMILES string of the molecule is O=c1[nH]c(=S)[nH]c2cc(F)c(Br)cc12. The number of H-pyrrole nitrogens is 2. The molecule has 1 heterocycles. The molecular formula is C8H4BrFN2OS. The van der Waals surface area contributed by atoms with Gasteiger partial charge >= 0.3 is 0 Å². The molecule has 0 aliphatic carbocycles. The molecular weight excluding hydrogens is 271 g/mol. The fourth-order valence-corrected chi connectivity index (χ4v) is 1.71. The Morgan fingerprint density at radius 2 is 2.07 bits per heavy atom. The third kappa shape index (κ3) is 1.51. The molecule has 2 rings (SSSR count). The molecule has 6 heteroatoms. The van der Waals surface area contributed by atoms with E-state index >= 15 is 0 Å². The van der Waals surface area contributed by atoms with Crippen LogP contribution in [0.2, 0.25) is 0 Å². The first-order valence-corrected chi connectivity index (χ1v) is 4.89. The molecule has 3 nitrogen and oxygen atoms in total. The fourth-order valence-electron chi connectivity index (χ4n) is 1.16. The number of rotatable bonds is 0. The summed E-state index contributed by atoms with van der Waals surface area (Å²) in [4.78, 5) is 16.5. The summed E-state index contributed by atoms with van der Waals surface area (Å²) in [7, 11) is 0. The molecule has 0 amide bonds. The summed E-state index contributed by atoms with van der Waals surface area (Å²) in [5.41, 5.74) is 0.0592. The number of fused-ring (bicyclic) bond motifs is 1. The molecule has 0 bridgehead atoms. The second kappa shape index (κ2) is 3.29. The maximum Gasteiger partial charge on any atom is 0.259 e. The van der Waals surface area contributed by atoms with Gasteiger partial charge in [-0.25, -0.2) is 4.39 Å². The number of aromatic amines is 2. The van der Waals surface area contributed by atoms with E-state index in [-0.39, 0.29) is 14.8 Å². The van der Waals surface area contributed by atoms with Crippen molar-refractivity contribution >= 4 is 39.1 Å². The van der Waals surface area contributed by atoms with Gasteiger partial charge in [0.05, 0.1) is 15.4 Å². The molecule has 0 saturated carbocycles. The second-order valence-corrected chi connectivity index (χ2v) is 3.98. The standard InChI is InChI=1S/C8H4BrFN2OS/c9-4-1-3-6(2-5(4)10)11-8(14)12-7(3)13/h1-2H,(H2,11,12,13,14). The molecule has 0 atom stereocenters. The molecule has 0 spiro atoms. The van der Waals surface area contributed by atoms with Crippen LogP contribution in [0.1, 0.15) is 0 Å². The third-order valence-corrected chi connectivity index (χ3v) is 2.59. The molecule has 1 aromatic carbocycles. The van der Waals surface area contributed by atoms with Crippen molar-refractivity contribution in [3.63, 3.8) is 0 Å². The van der Waals surface area contributed by atoms with E-state index in [1.165, 1.54) is 12.1 Å². The van der Waals surface area contributed by atoms with Crippen LogP contribution >= 0.6 is 28.1 Å². The van der Waals surface area contributed by atoms with Crippen LogP contribution in [-0.4, -0.2) is 9.97 Å². The molecule has 0 aliphatic heterocycles. The molecule has 1 aromatic heterocycles. The first-order valence-electron chi connectivity index (χ1n) is 3.69. The topological polar surface area (TPSA) is 48.6 Å². The van der Waals surface area contributed by atoms with Gasteiger partial charge in [0.2, 0.25) is 0 Å². The van der Waals surface area contributed by atoms with E-state index in [1.807, 2.05) is 0 Å². The Kier molecular flexibility index (Phi) is 2.24. The summed E-state index contributed by atoms with van der Waals surface area (Å²) in [6, 6.07) is 2.64. The lowest BCUT2D eigenvalue weighted by atomic mass is 10.2. The highest BCUT2D eigenvalue weighted by atomic mass is 79.9. The molecule has 0 fully saturated rings. The Morgan fingerprint density at radius 1 is 1.36 bits per heavy atom. The Labute approximate surface area is 91.1 Å². The molecule has 14 heavy (non-hydrogen) atoms. The predicted octanol–water partition coefficient (Wildman–Crippen LogP) is 2.49. The van der Waals surface area contributed by atoms with Crippen LogP contribution in [0.15, 0.2) is 21.4 Å². The number of benzene rings is 1. The van der Waals surface area contributed by atoms with Gasteiger partial charge in [0, 0.05) is 0 Å². The van der Waals surface area contributed by atoms with Crippen LogP contribution in [0.25, 0.3) is 10.9 Å². The quantitative estimate of drug-likeness (QED) is 0.726. The molecule has 0 saturated heterocycles. The number of aromatic nitrogens is 2. The predicted molar refractivity (Wildman–Crippen MR) is 57.4 cm³/mol. The lowest BCUT2D eigenvalue weighted by Crippen LogP contribution is -2.07. The number of hydrogen-bond donors (Lipinski definition) is 2. The van der Waals surface area contributed by atoms with Gasteiger partial charge in [-0.05, 0) is 40.3 Å². The van der Waals surface area contributed by atoms with E-state index in [0.717, 1.165) is 0 Å². The van der Waals surface area contributed by atoms with Gasteiger partial charge in [-0.15, -0.1) is 0 Å². The minimum Gasteiger partial charge on any atom is -0.332 e. The Balaban J connectivity index is 3.03. The van der Waals surface area contributed by atoms with Gasteiger partial charge in [-0.1, -0.05) is 0 Å². The maximum absolute atomic E-state index is 13.1. The summed E-state index contributed by atoms with van der Waals surface area (Å²) in [5.74, 6) is -0.436. The third-order valence-electron chi connectivity index (χ3n) is 1.78. The zero-order chi connectivity index (χ0) is 10.3. The minimum absolute atomic E-state index is 0.184. The first-order chi connectivity index (χ1) is 6.58. The van der Waals surface area contributed by atoms with Crippen LogP contribution in [0.5, 0.6) is 0 Å². The summed E-state index contributed by atoms with van der Waals surface area (Å²) in [6.45, 7) is 0. The van der Waals surface area contributed by atoms with Crippen molar-refractivity contribution in [1.29, 1.82) is 0 Å². The maximum atomic E-state index is 13.1. The number of nitrogens with one attached hydrogen (secondary N) is 2. The summed E-state index contributed by atoms with van der Waals surface area (Å²) >= 11 is 7.76. The van der Waals surface area contributed by atoms with E-state index in [4.69, 9.17) is 12.2 Å². The van der Waals surface area contributed by atoms with Crippen molar-refractivity contribution in [2.75, 3.05) is 0 Å². The van der Waals surface area contributed by atoms with Gasteiger partial charge in [0.25, 0.3) is 5.56 Å². The lowest BCUT2D eigenvalue weighted by molar-refractivity contribution is 0.622. The van der Waals surface area contributed by atoms with Crippen molar-refractivity contribution in [2.45, 2.75) is 0 Å². The smallest absolute Gasteiger partial charge is 0.259 e. The number of hydrogen-bond acceptors (Lipinski definition) is 2. The molecule has 72 valence electrons. The van der Waals surface area contributed by atoms with Gasteiger partial charge in [0.1, 0.15) is 5.82 Å². The first kappa shape index (κ1) is 9.54. The van der Waals surface area contributed by atoms with Crippen LogP contribution in [0.4, 0.5) is 4.39 Å². The second-order valence-electron chi connectivity index (χ2n) is 2.72. The van der Waals surface area contributed by atoms with Crippen molar-refractivity contribution in [3.8, 4) is 0 Å². The van der Waals surface area contributed by atoms with Crippen molar-refractivity contribution in [2.24, 2.45) is 0 Å². The fraction of sp³-hybridized carbons (Fsp3) is 0. The Bertz CT molecular complexity index is 619. The normalized spacial score (nSPS) is 10.7. The highest BCUT2D eigenvalue weighted by Crippen LogP contribution is 2.19. The van der Waals surface area contributed by atoms with Gasteiger partial charge in [-0.3, -0.25) is 9.78 Å². The Morgan fingerprint density at radius 3 is 2.79 bits per heavy atom. The molecule has 0 unspecified atom stereocenters. The molecule has 2 N–H and O–H groups in total. The van der Waals surface area contributed by atoms with Crippen molar-refractivity contribution < 1.29 is 4.39 Å². The highest BCUT2D eigenvalue weighted by Gasteiger charge is 2.04. The van der Waals surface area contributed by atoms with E-state index in [0.29, 0.717) is 10.9 Å². The average molecular weight is 275 g/mol. The largest absolute Gasteiger partial charge is 0.332 e. The van der Waals surface area contributed by atoms with Crippen molar-refractivity contribution in [1.82, 2.24) is 9.97 Å². The van der Waals surface area contributed by atoms with Gasteiger partial charge in [0.15, 0.2) is 4.77 Å². The minimum atomic E-state index is -0.436. The zero-order valence-electron chi connectivity index (χ0n) is 6.73. The molecule has 0 aliphatic rings. The summed E-state index contributed by atoms with van der Waals surface area (Å²) in [6.07, 6.45) is 0. The van der Waals surface area contributed by atoms with E-state index in [1.54, 1.807) is 0 Å². The average Bonchev–Trinajstić information content (AvgIpc) is 2.08. The summed E-state index contributed by atoms with van der Waals surface area (Å²) < 4.78 is 13.5. The summed E-state index contributed by atoms with van der Waals surface area (Å²) in [5, 5.41) is 0.367. The van der Waals surface area contributed by atoms with Crippen molar-refractivity contribution in [3.05, 3.63) is 37.5 Å². The van der Waals surface area contributed by atoms with Gasteiger partial charge < -0.3 is 4.98 Å². The lowest BCUT2D eigenvalue weighted by Gasteiger charge is -1.99. The van der Waals surface area contributed by atoms with Crippen LogP contribution in [0, 0.1) is 10.6 Å². The van der Waals surface area contributed by atoms with Crippen LogP contribution < -0.4 is 5.56 Å². The molecule has 2 aromatic rings. The highest BCUT2D eigenvalue weighted by molar-refractivity contribution is 9.10. The van der Waals surface area contributed by atoms with Crippen LogP contribution in [-0.2, 0) is 0 Å². The van der Waals surface area contributed by atoms with E-state index in [2.05, 4.69) is 25.9 Å². The van der Waals surface area contributed by atoms with Crippen LogP contribution in [0.3, 0.4) is 0 Å². The molecule has 0 radical (unpaired) electrons. The Hall–Kier alpha value is -1.01. The monoisotopic (exact) mass is 274 g/mol. The van der Waals surface area contributed by atoms with Gasteiger partial charge in [-0.2, -0.15) is 0 Å². The number of halogens is 2. The zero-order valence-corrected chi connectivity index (χ0v) is 9.13.